The number of ketones is 3. The second kappa shape index (κ2) is 9.97. The van der Waals surface area contributed by atoms with Gasteiger partial charge in [-0.15, -0.1) is 0 Å². The Bertz CT molecular complexity index is 1250. The number of fused-ring (bicyclic) bond motifs is 1. The molecule has 6 heteroatoms. The molecule has 3 N–H and O–H groups in total. The molecule has 0 bridgehead atoms. The fraction of sp³-hybridized carbons (Fsp3) is 0.545. The van der Waals surface area contributed by atoms with Crippen molar-refractivity contribution in [1.82, 2.24) is 0 Å². The second-order valence-electron chi connectivity index (χ2n) is 13.1. The summed E-state index contributed by atoms with van der Waals surface area (Å²) in [4.78, 5) is 43.8. The summed E-state index contributed by atoms with van der Waals surface area (Å²) in [6.07, 6.45) is 4.74. The van der Waals surface area contributed by atoms with Gasteiger partial charge in [0.25, 0.3) is 0 Å². The van der Waals surface area contributed by atoms with Gasteiger partial charge in [0, 0.05) is 5.56 Å². The summed E-state index contributed by atoms with van der Waals surface area (Å²) in [7, 11) is 0. The molecule has 0 aliphatic heterocycles. The van der Waals surface area contributed by atoms with Crippen LogP contribution >= 0.6 is 0 Å². The second-order valence-corrected chi connectivity index (χ2v) is 13.1. The maximum atomic E-state index is 14.9. The molecule has 4 rings (SSSR count). The lowest BCUT2D eigenvalue weighted by atomic mass is 9.47. The lowest BCUT2D eigenvalue weighted by Crippen LogP contribution is -2.65. The van der Waals surface area contributed by atoms with Crippen molar-refractivity contribution in [2.75, 3.05) is 0 Å². The number of rotatable bonds is 5. The van der Waals surface area contributed by atoms with Gasteiger partial charge in [-0.3, -0.25) is 14.4 Å². The van der Waals surface area contributed by atoms with Crippen molar-refractivity contribution in [2.24, 2.45) is 22.7 Å². The van der Waals surface area contributed by atoms with Crippen molar-refractivity contribution in [3.8, 4) is 0 Å². The first kappa shape index (κ1) is 29.2. The molecule has 3 fully saturated rings. The Hall–Kier alpha value is -2.83. The molecule has 1 aromatic rings. The Labute approximate surface area is 231 Å². The molecule has 3 saturated carbocycles. The van der Waals surface area contributed by atoms with E-state index in [0.29, 0.717) is 18.4 Å². The van der Waals surface area contributed by atoms with Crippen LogP contribution < -0.4 is 0 Å². The molecular formula is C33H42O6. The third-order valence-electron chi connectivity index (χ3n) is 9.47. The smallest absolute Gasteiger partial charge is 0.184 e. The third kappa shape index (κ3) is 4.76. The fourth-order valence-electron chi connectivity index (χ4n) is 7.32. The minimum absolute atomic E-state index is 0.0305. The van der Waals surface area contributed by atoms with Crippen molar-refractivity contribution in [2.45, 2.75) is 91.3 Å². The number of aliphatic hydroxyl groups is 3. The van der Waals surface area contributed by atoms with Gasteiger partial charge in [-0.05, 0) is 91.9 Å². The molecule has 1 spiro atoms. The molecule has 3 aliphatic rings. The van der Waals surface area contributed by atoms with E-state index >= 15 is 0 Å². The van der Waals surface area contributed by atoms with Gasteiger partial charge in [0.2, 0.25) is 0 Å². The zero-order valence-corrected chi connectivity index (χ0v) is 24.0. The number of carbonyl (C=O) groups is 3. The van der Waals surface area contributed by atoms with Crippen LogP contribution in [-0.4, -0.2) is 43.9 Å². The summed E-state index contributed by atoms with van der Waals surface area (Å²) in [5.41, 5.74) is -4.19. The monoisotopic (exact) mass is 534 g/mol. The number of aliphatic hydroxyl groups excluding tert-OH is 1. The van der Waals surface area contributed by atoms with Crippen molar-refractivity contribution >= 4 is 23.1 Å². The van der Waals surface area contributed by atoms with Crippen LogP contribution in [0, 0.1) is 22.7 Å². The summed E-state index contributed by atoms with van der Waals surface area (Å²) < 4.78 is 0. The van der Waals surface area contributed by atoms with Gasteiger partial charge in [-0.1, -0.05) is 53.6 Å². The van der Waals surface area contributed by atoms with Crippen molar-refractivity contribution in [3.05, 3.63) is 64.8 Å². The van der Waals surface area contributed by atoms with E-state index in [2.05, 4.69) is 0 Å². The highest BCUT2D eigenvalue weighted by Gasteiger charge is 2.70. The van der Waals surface area contributed by atoms with Gasteiger partial charge in [0.05, 0.1) is 16.6 Å². The van der Waals surface area contributed by atoms with E-state index in [-0.39, 0.29) is 37.2 Å². The summed E-state index contributed by atoms with van der Waals surface area (Å²) in [5, 5.41) is 34.5. The highest BCUT2D eigenvalue weighted by atomic mass is 16.3. The Balaban J connectivity index is 2.04. The van der Waals surface area contributed by atoms with Gasteiger partial charge in [-0.2, -0.15) is 0 Å². The summed E-state index contributed by atoms with van der Waals surface area (Å²) in [5.74, 6) is -3.17. The van der Waals surface area contributed by atoms with Gasteiger partial charge >= 0.3 is 0 Å². The SMILES string of the molecule is CC(C)=CCC1(CC=C(C)C)C(=O)/C(=C(\O)c2ccccc2)C(=O)[C@]2(C[C@H]3[C@H](CC[C@@]3(C)O)[C@](C)(O)C2)C1=O. The third-order valence-corrected chi connectivity index (χ3v) is 9.47. The largest absolute Gasteiger partial charge is 0.506 e. The van der Waals surface area contributed by atoms with Crippen LogP contribution in [0.25, 0.3) is 5.76 Å². The normalized spacial score (nSPS) is 35.0. The van der Waals surface area contributed by atoms with E-state index in [0.717, 1.165) is 11.1 Å². The van der Waals surface area contributed by atoms with Crippen LogP contribution in [0.3, 0.4) is 0 Å². The molecule has 0 aromatic heterocycles. The van der Waals surface area contributed by atoms with Gasteiger partial charge < -0.3 is 15.3 Å². The number of hydrogen-bond donors (Lipinski definition) is 3. The number of benzene rings is 1. The molecule has 0 radical (unpaired) electrons. The predicted octanol–water partition coefficient (Wildman–Crippen LogP) is 5.68. The zero-order valence-electron chi connectivity index (χ0n) is 24.0. The van der Waals surface area contributed by atoms with Crippen molar-refractivity contribution < 1.29 is 29.7 Å². The Kier molecular flexibility index (Phi) is 7.46. The quantitative estimate of drug-likeness (QED) is 0.147. The molecule has 210 valence electrons. The van der Waals surface area contributed by atoms with E-state index in [9.17, 15) is 29.7 Å². The molecular weight excluding hydrogens is 492 g/mol. The van der Waals surface area contributed by atoms with Crippen LogP contribution in [-0.2, 0) is 14.4 Å². The fourth-order valence-corrected chi connectivity index (χ4v) is 7.32. The van der Waals surface area contributed by atoms with E-state index in [4.69, 9.17) is 0 Å². The van der Waals surface area contributed by atoms with Crippen LogP contribution in [0.15, 0.2) is 59.2 Å². The molecule has 5 atom stereocenters. The van der Waals surface area contributed by atoms with Crippen molar-refractivity contribution in [3.63, 3.8) is 0 Å². The predicted molar refractivity (Wildman–Crippen MR) is 151 cm³/mol. The van der Waals surface area contributed by atoms with E-state index < -0.39 is 51.1 Å². The molecule has 6 nitrogen and oxygen atoms in total. The first-order valence-electron chi connectivity index (χ1n) is 13.9. The summed E-state index contributed by atoms with van der Waals surface area (Å²) in [6, 6.07) is 8.42. The molecule has 0 amide bonds. The Morgan fingerprint density at radius 3 is 1.97 bits per heavy atom. The number of carbonyl (C=O) groups excluding carboxylic acids is 3. The molecule has 3 aliphatic carbocycles. The topological polar surface area (TPSA) is 112 Å². The average molecular weight is 535 g/mol. The Morgan fingerprint density at radius 2 is 1.44 bits per heavy atom. The number of Topliss-reactive ketones (excluding diaryl/α,β-unsaturated/α-hetero) is 3. The van der Waals surface area contributed by atoms with Gasteiger partial charge in [0.1, 0.15) is 16.7 Å². The maximum Gasteiger partial charge on any atom is 0.184 e. The first-order chi connectivity index (χ1) is 18.1. The summed E-state index contributed by atoms with van der Waals surface area (Å²) >= 11 is 0. The summed E-state index contributed by atoms with van der Waals surface area (Å²) in [6.45, 7) is 10.9. The molecule has 1 aromatic carbocycles. The van der Waals surface area contributed by atoms with Gasteiger partial charge in [-0.25, -0.2) is 0 Å². The molecule has 0 heterocycles. The van der Waals surface area contributed by atoms with E-state index in [1.165, 1.54) is 0 Å². The number of allylic oxidation sites excluding steroid dienone is 5. The van der Waals surface area contributed by atoms with E-state index in [1.807, 2.05) is 39.8 Å². The standard InChI is InChI=1S/C33H42O6/c1-20(2)12-16-32(17-13-21(3)4)27(35)25(26(34)22-10-8-7-9-11-22)28(36)33(29(32)37)18-24-23(31(6,39)19-33)14-15-30(24,5)38/h7-13,23-24,34,38-39H,14-19H2,1-6H3/b26-25+/t23-,24-,30+,31+,33+/m0/s1. The van der Waals surface area contributed by atoms with Crippen molar-refractivity contribution in [1.29, 1.82) is 0 Å². The highest BCUT2D eigenvalue weighted by Crippen LogP contribution is 2.62. The lowest BCUT2D eigenvalue weighted by molar-refractivity contribution is -0.175. The van der Waals surface area contributed by atoms with E-state index in [1.54, 1.807) is 44.2 Å². The molecule has 0 unspecified atom stereocenters. The minimum atomic E-state index is -1.75. The van der Waals surface area contributed by atoms with Crippen LogP contribution in [0.5, 0.6) is 0 Å². The highest BCUT2D eigenvalue weighted by molar-refractivity contribution is 6.41. The van der Waals surface area contributed by atoms with Crippen LogP contribution in [0.2, 0.25) is 0 Å². The number of hydrogen-bond acceptors (Lipinski definition) is 6. The lowest BCUT2D eigenvalue weighted by Gasteiger charge is -2.54. The Morgan fingerprint density at radius 1 is 0.872 bits per heavy atom. The minimum Gasteiger partial charge on any atom is -0.506 e. The zero-order chi connectivity index (χ0) is 29.0. The molecule has 39 heavy (non-hydrogen) atoms. The maximum absolute atomic E-state index is 14.9. The van der Waals surface area contributed by atoms with Crippen LogP contribution in [0.1, 0.15) is 85.6 Å². The first-order valence-corrected chi connectivity index (χ1v) is 13.9. The van der Waals surface area contributed by atoms with Crippen LogP contribution in [0.4, 0.5) is 0 Å². The molecule has 0 saturated heterocycles. The average Bonchev–Trinajstić information content (AvgIpc) is 3.17. The van der Waals surface area contributed by atoms with Gasteiger partial charge in [0.15, 0.2) is 17.3 Å².